The van der Waals surface area contributed by atoms with E-state index < -0.39 is 0 Å². The standard InChI is InChI=1S/C20H24FN3O2.HI/c1-22-20(24-11-9-16-4-2-3-5-17(16)21)23-10-8-15-6-7-18-19(14-15)26-13-12-25-18;/h2-7,14H,8-13H2,1H3,(H2,22,23,24);1H. The highest BCUT2D eigenvalue weighted by molar-refractivity contribution is 14.0. The second kappa shape index (κ2) is 11.0. The molecule has 0 aromatic heterocycles. The third-order valence-electron chi connectivity index (χ3n) is 4.18. The molecule has 27 heavy (non-hydrogen) atoms. The summed E-state index contributed by atoms with van der Waals surface area (Å²) in [6.07, 6.45) is 1.44. The summed E-state index contributed by atoms with van der Waals surface area (Å²) in [7, 11) is 1.72. The van der Waals surface area contributed by atoms with Gasteiger partial charge in [0.15, 0.2) is 17.5 Å². The van der Waals surface area contributed by atoms with E-state index in [9.17, 15) is 4.39 Å². The van der Waals surface area contributed by atoms with Gasteiger partial charge in [-0.25, -0.2) is 4.39 Å². The van der Waals surface area contributed by atoms with Gasteiger partial charge in [-0.05, 0) is 42.2 Å². The van der Waals surface area contributed by atoms with Gasteiger partial charge in [-0.2, -0.15) is 0 Å². The van der Waals surface area contributed by atoms with Crippen LogP contribution in [0.25, 0.3) is 0 Å². The summed E-state index contributed by atoms with van der Waals surface area (Å²) >= 11 is 0. The molecule has 0 fully saturated rings. The molecule has 3 rings (SSSR count). The van der Waals surface area contributed by atoms with Gasteiger partial charge < -0.3 is 20.1 Å². The fourth-order valence-electron chi connectivity index (χ4n) is 2.81. The van der Waals surface area contributed by atoms with Crippen molar-refractivity contribution in [2.75, 3.05) is 33.4 Å². The smallest absolute Gasteiger partial charge is 0.190 e. The van der Waals surface area contributed by atoms with Crippen LogP contribution in [-0.4, -0.2) is 39.3 Å². The second-order valence-electron chi connectivity index (χ2n) is 6.00. The van der Waals surface area contributed by atoms with Gasteiger partial charge in [-0.1, -0.05) is 24.3 Å². The van der Waals surface area contributed by atoms with Gasteiger partial charge in [0.05, 0.1) is 0 Å². The Balaban J connectivity index is 0.00000261. The number of rotatable bonds is 6. The SMILES string of the molecule is CN=C(NCCc1ccc2c(c1)OCCO2)NCCc1ccccc1F.I. The Morgan fingerprint density at radius 3 is 2.44 bits per heavy atom. The van der Waals surface area contributed by atoms with Crippen molar-refractivity contribution < 1.29 is 13.9 Å². The molecule has 2 N–H and O–H groups in total. The van der Waals surface area contributed by atoms with Crippen molar-refractivity contribution in [1.29, 1.82) is 0 Å². The van der Waals surface area contributed by atoms with Gasteiger partial charge in [-0.15, -0.1) is 24.0 Å². The van der Waals surface area contributed by atoms with Gasteiger partial charge in [0.2, 0.25) is 0 Å². The first kappa shape index (κ1) is 21.3. The minimum Gasteiger partial charge on any atom is -0.486 e. The van der Waals surface area contributed by atoms with Crippen LogP contribution in [0, 0.1) is 5.82 Å². The van der Waals surface area contributed by atoms with Gasteiger partial charge in [0.25, 0.3) is 0 Å². The number of fused-ring (bicyclic) bond motifs is 1. The van der Waals surface area contributed by atoms with Gasteiger partial charge in [-0.3, -0.25) is 4.99 Å². The van der Waals surface area contributed by atoms with E-state index in [0.29, 0.717) is 37.7 Å². The highest BCUT2D eigenvalue weighted by atomic mass is 127. The average Bonchev–Trinajstić information content (AvgIpc) is 2.68. The average molecular weight is 485 g/mol. The summed E-state index contributed by atoms with van der Waals surface area (Å²) < 4.78 is 24.8. The van der Waals surface area contributed by atoms with Crippen molar-refractivity contribution in [3.8, 4) is 11.5 Å². The third-order valence-corrected chi connectivity index (χ3v) is 4.18. The zero-order valence-electron chi connectivity index (χ0n) is 15.3. The highest BCUT2D eigenvalue weighted by Crippen LogP contribution is 2.30. The number of guanidine groups is 1. The number of hydrogen-bond acceptors (Lipinski definition) is 3. The van der Waals surface area contributed by atoms with E-state index in [0.717, 1.165) is 24.5 Å². The predicted octanol–water partition coefficient (Wildman–Crippen LogP) is 3.17. The van der Waals surface area contributed by atoms with Crippen LogP contribution in [-0.2, 0) is 12.8 Å². The van der Waals surface area contributed by atoms with E-state index in [4.69, 9.17) is 9.47 Å². The number of nitrogens with one attached hydrogen (secondary N) is 2. The van der Waals surface area contributed by atoms with Gasteiger partial charge in [0.1, 0.15) is 19.0 Å². The fraction of sp³-hybridized carbons (Fsp3) is 0.350. The molecule has 2 aromatic rings. The summed E-state index contributed by atoms with van der Waals surface area (Å²) in [6.45, 7) is 2.54. The van der Waals surface area contributed by atoms with E-state index in [1.165, 1.54) is 11.6 Å². The first-order chi connectivity index (χ1) is 12.8. The van der Waals surface area contributed by atoms with Gasteiger partial charge >= 0.3 is 0 Å². The molecule has 0 spiro atoms. The Hall–Kier alpha value is -2.03. The van der Waals surface area contributed by atoms with Crippen molar-refractivity contribution in [2.24, 2.45) is 4.99 Å². The van der Waals surface area contributed by atoms with E-state index >= 15 is 0 Å². The fourth-order valence-corrected chi connectivity index (χ4v) is 2.81. The Labute approximate surface area is 176 Å². The summed E-state index contributed by atoms with van der Waals surface area (Å²) in [6, 6.07) is 12.8. The Morgan fingerprint density at radius 1 is 1.00 bits per heavy atom. The molecule has 1 aliphatic heterocycles. The monoisotopic (exact) mass is 485 g/mol. The van der Waals surface area contributed by atoms with Crippen molar-refractivity contribution in [3.63, 3.8) is 0 Å². The maximum absolute atomic E-state index is 13.6. The highest BCUT2D eigenvalue weighted by Gasteiger charge is 2.11. The molecule has 146 valence electrons. The van der Waals surface area contributed by atoms with Crippen LogP contribution in [0.5, 0.6) is 11.5 Å². The Bertz CT molecular complexity index is 771. The van der Waals surface area contributed by atoms with Crippen molar-refractivity contribution >= 4 is 29.9 Å². The first-order valence-electron chi connectivity index (χ1n) is 8.82. The van der Waals surface area contributed by atoms with Crippen LogP contribution < -0.4 is 20.1 Å². The molecule has 1 aliphatic rings. The van der Waals surface area contributed by atoms with Crippen molar-refractivity contribution in [3.05, 3.63) is 59.4 Å². The zero-order chi connectivity index (χ0) is 18.2. The van der Waals surface area contributed by atoms with Crippen LogP contribution in [0.3, 0.4) is 0 Å². The number of benzene rings is 2. The van der Waals surface area contributed by atoms with E-state index in [2.05, 4.69) is 15.6 Å². The molecule has 5 nitrogen and oxygen atoms in total. The summed E-state index contributed by atoms with van der Waals surface area (Å²) in [5.74, 6) is 2.15. The molecule has 0 atom stereocenters. The lowest BCUT2D eigenvalue weighted by Gasteiger charge is -2.19. The molecule has 0 saturated carbocycles. The maximum Gasteiger partial charge on any atom is 0.190 e. The number of ether oxygens (including phenoxy) is 2. The third kappa shape index (κ3) is 6.27. The van der Waals surface area contributed by atoms with Crippen molar-refractivity contribution in [2.45, 2.75) is 12.8 Å². The lowest BCUT2D eigenvalue weighted by atomic mass is 10.1. The number of nitrogens with zero attached hydrogens (tertiary/aromatic N) is 1. The Kier molecular flexibility index (Phi) is 8.63. The number of halogens is 2. The zero-order valence-corrected chi connectivity index (χ0v) is 17.7. The van der Waals surface area contributed by atoms with Crippen LogP contribution in [0.4, 0.5) is 4.39 Å². The summed E-state index contributed by atoms with van der Waals surface area (Å²) in [5, 5.41) is 6.48. The van der Waals surface area contributed by atoms with Crippen molar-refractivity contribution in [1.82, 2.24) is 10.6 Å². The summed E-state index contributed by atoms with van der Waals surface area (Å²) in [5.41, 5.74) is 1.87. The predicted molar refractivity (Wildman–Crippen MR) is 116 cm³/mol. The van der Waals surface area contributed by atoms with E-state index in [1.54, 1.807) is 19.2 Å². The normalized spacial score (nSPS) is 12.9. The molecule has 0 radical (unpaired) electrons. The lowest BCUT2D eigenvalue weighted by molar-refractivity contribution is 0.171. The molecule has 7 heteroatoms. The van der Waals surface area contributed by atoms with Crippen LogP contribution >= 0.6 is 24.0 Å². The topological polar surface area (TPSA) is 54.9 Å². The summed E-state index contributed by atoms with van der Waals surface area (Å²) in [4.78, 5) is 4.20. The number of hydrogen-bond donors (Lipinski definition) is 2. The van der Waals surface area contributed by atoms with Gasteiger partial charge in [0, 0.05) is 20.1 Å². The minimum absolute atomic E-state index is 0. The molecule has 0 aliphatic carbocycles. The number of aliphatic imine (C=N–C) groups is 1. The van der Waals surface area contributed by atoms with Crippen LogP contribution in [0.15, 0.2) is 47.5 Å². The molecular formula is C20H25FIN3O2. The van der Waals surface area contributed by atoms with Crippen LogP contribution in [0.1, 0.15) is 11.1 Å². The van der Waals surface area contributed by atoms with Crippen LogP contribution in [0.2, 0.25) is 0 Å². The molecule has 2 aromatic carbocycles. The molecule has 0 bridgehead atoms. The molecular weight excluding hydrogens is 460 g/mol. The van der Waals surface area contributed by atoms with E-state index in [-0.39, 0.29) is 29.8 Å². The van der Waals surface area contributed by atoms with E-state index in [1.807, 2.05) is 24.3 Å². The minimum atomic E-state index is -0.171. The molecule has 0 unspecified atom stereocenters. The second-order valence-corrected chi connectivity index (χ2v) is 6.00. The maximum atomic E-state index is 13.6. The molecule has 1 heterocycles. The molecule has 0 amide bonds. The first-order valence-corrected chi connectivity index (χ1v) is 8.82. The quantitative estimate of drug-likeness (QED) is 0.375. The molecule has 0 saturated heterocycles. The Morgan fingerprint density at radius 2 is 1.70 bits per heavy atom. The lowest BCUT2D eigenvalue weighted by Crippen LogP contribution is -2.39. The largest absolute Gasteiger partial charge is 0.486 e.